The molecule has 23 heavy (non-hydrogen) atoms. The molecule has 2 atom stereocenters. The van der Waals surface area contributed by atoms with E-state index in [9.17, 15) is 4.79 Å². The number of benzene rings is 2. The van der Waals surface area contributed by atoms with Gasteiger partial charge in [-0.05, 0) is 25.1 Å². The minimum atomic E-state index is -0.120. The number of aromatic nitrogens is 1. The first-order chi connectivity index (χ1) is 11.1. The summed E-state index contributed by atoms with van der Waals surface area (Å²) < 4.78 is 0. The third-order valence-corrected chi connectivity index (χ3v) is 4.64. The first kappa shape index (κ1) is 15.8. The zero-order valence-electron chi connectivity index (χ0n) is 13.3. The number of quaternary nitrogens is 1. The van der Waals surface area contributed by atoms with Crippen LogP contribution in [0.25, 0.3) is 10.9 Å². The monoisotopic (exact) mass is 327 g/mol. The van der Waals surface area contributed by atoms with Gasteiger partial charge in [0.05, 0.1) is 7.05 Å². The van der Waals surface area contributed by atoms with Gasteiger partial charge < -0.3 is 9.88 Å². The van der Waals surface area contributed by atoms with Gasteiger partial charge in [0, 0.05) is 33.2 Å². The summed E-state index contributed by atoms with van der Waals surface area (Å²) in [6.45, 7) is 2.77. The Kier molecular flexibility index (Phi) is 4.51. The number of para-hydroxylation sites is 1. The van der Waals surface area contributed by atoms with E-state index in [1.807, 2.05) is 68.7 Å². The maximum atomic E-state index is 12.8. The van der Waals surface area contributed by atoms with Crippen LogP contribution in [0.15, 0.2) is 54.7 Å². The first-order valence-electron chi connectivity index (χ1n) is 7.73. The maximum Gasteiger partial charge on any atom is 0.221 e. The normalized spacial score (nSPS) is 13.9. The van der Waals surface area contributed by atoms with Crippen LogP contribution in [-0.2, 0) is 6.54 Å². The van der Waals surface area contributed by atoms with Crippen molar-refractivity contribution < 1.29 is 9.69 Å². The van der Waals surface area contributed by atoms with Crippen molar-refractivity contribution in [3.05, 3.63) is 70.9 Å². The van der Waals surface area contributed by atoms with Crippen molar-refractivity contribution >= 4 is 28.3 Å². The van der Waals surface area contributed by atoms with Crippen LogP contribution in [0.5, 0.6) is 0 Å². The van der Waals surface area contributed by atoms with Crippen LogP contribution in [0.4, 0.5) is 0 Å². The molecule has 2 N–H and O–H groups in total. The van der Waals surface area contributed by atoms with Crippen LogP contribution in [0, 0.1) is 0 Å². The van der Waals surface area contributed by atoms with Crippen LogP contribution in [0.3, 0.4) is 0 Å². The molecule has 0 amide bonds. The van der Waals surface area contributed by atoms with Gasteiger partial charge in [-0.2, -0.15) is 0 Å². The average molecular weight is 328 g/mol. The molecule has 1 aromatic heterocycles. The molecule has 1 heterocycles. The van der Waals surface area contributed by atoms with E-state index in [4.69, 9.17) is 11.6 Å². The van der Waals surface area contributed by atoms with Gasteiger partial charge in [-0.15, -0.1) is 0 Å². The summed E-state index contributed by atoms with van der Waals surface area (Å²) in [6.07, 6.45) is 1.82. The Labute approximate surface area is 140 Å². The Morgan fingerprint density at radius 3 is 2.61 bits per heavy atom. The Balaban J connectivity index is 1.77. The minimum Gasteiger partial charge on any atom is -0.360 e. The van der Waals surface area contributed by atoms with Gasteiger partial charge in [0.15, 0.2) is 0 Å². The fourth-order valence-electron chi connectivity index (χ4n) is 2.81. The molecule has 0 radical (unpaired) electrons. The highest BCUT2D eigenvalue weighted by Crippen LogP contribution is 2.18. The van der Waals surface area contributed by atoms with Gasteiger partial charge in [0.2, 0.25) is 5.78 Å². The van der Waals surface area contributed by atoms with Crippen molar-refractivity contribution in [2.24, 2.45) is 0 Å². The van der Waals surface area contributed by atoms with Crippen LogP contribution >= 0.6 is 11.6 Å². The fourth-order valence-corrected chi connectivity index (χ4v) is 2.94. The van der Waals surface area contributed by atoms with Gasteiger partial charge in [0.1, 0.15) is 12.6 Å². The summed E-state index contributed by atoms with van der Waals surface area (Å²) >= 11 is 5.92. The number of carbonyl (C=O) groups excluding carboxylic acids is 1. The standard InChI is InChI=1S/C19H19ClN2O/c1-13(22(2)12-14-7-9-15(20)10-8-14)19(23)17-11-21-18-6-4-3-5-16(17)18/h3-11,13,21H,12H2,1-2H3/p+1/t13-/m0/s1. The third kappa shape index (κ3) is 3.31. The molecule has 118 valence electrons. The smallest absolute Gasteiger partial charge is 0.221 e. The molecule has 0 bridgehead atoms. The number of rotatable bonds is 5. The highest BCUT2D eigenvalue weighted by Gasteiger charge is 2.25. The topological polar surface area (TPSA) is 37.3 Å². The SMILES string of the molecule is C[C@@H](C(=O)c1c[nH]c2ccccc12)[NH+](C)Cc1ccc(Cl)cc1. The van der Waals surface area contributed by atoms with Crippen LogP contribution in [0.1, 0.15) is 22.8 Å². The zero-order chi connectivity index (χ0) is 16.4. The summed E-state index contributed by atoms with van der Waals surface area (Å²) in [7, 11) is 2.05. The predicted octanol–water partition coefficient (Wildman–Crippen LogP) is 3.11. The fraction of sp³-hybridized carbons (Fsp3) is 0.211. The largest absolute Gasteiger partial charge is 0.360 e. The molecule has 0 saturated heterocycles. The molecule has 2 aromatic carbocycles. The number of likely N-dealkylation sites (N-methyl/N-ethyl adjacent to an activating group) is 1. The van der Waals surface area contributed by atoms with E-state index in [0.717, 1.165) is 32.9 Å². The van der Waals surface area contributed by atoms with Crippen molar-refractivity contribution in [3.8, 4) is 0 Å². The van der Waals surface area contributed by atoms with Crippen molar-refractivity contribution in [2.45, 2.75) is 19.5 Å². The number of halogens is 1. The number of hydrogen-bond acceptors (Lipinski definition) is 1. The molecule has 1 unspecified atom stereocenters. The maximum absolute atomic E-state index is 12.8. The van der Waals surface area contributed by atoms with Gasteiger partial charge in [-0.3, -0.25) is 4.79 Å². The number of Topliss-reactive ketones (excluding diaryl/α,β-unsaturated/α-hetero) is 1. The Hall–Kier alpha value is -2.10. The minimum absolute atomic E-state index is 0.120. The molecule has 0 aliphatic carbocycles. The van der Waals surface area contributed by atoms with Crippen LogP contribution < -0.4 is 4.90 Å². The van der Waals surface area contributed by atoms with Crippen molar-refractivity contribution in [1.82, 2.24) is 4.98 Å². The lowest BCUT2D eigenvalue weighted by Crippen LogP contribution is -3.12. The second-order valence-corrected chi connectivity index (χ2v) is 6.42. The molecule has 4 heteroatoms. The third-order valence-electron chi connectivity index (χ3n) is 4.38. The van der Waals surface area contributed by atoms with Crippen molar-refractivity contribution in [3.63, 3.8) is 0 Å². The van der Waals surface area contributed by atoms with E-state index in [-0.39, 0.29) is 11.8 Å². The Bertz CT molecular complexity index is 823. The van der Waals surface area contributed by atoms with E-state index < -0.39 is 0 Å². The number of nitrogens with one attached hydrogen (secondary N) is 2. The van der Waals surface area contributed by atoms with Crippen molar-refractivity contribution in [2.75, 3.05) is 7.05 Å². The summed E-state index contributed by atoms with van der Waals surface area (Å²) in [5.41, 5.74) is 2.94. The first-order valence-corrected chi connectivity index (χ1v) is 8.11. The Morgan fingerprint density at radius 1 is 1.17 bits per heavy atom. The van der Waals surface area contributed by atoms with Gasteiger partial charge >= 0.3 is 0 Å². The Morgan fingerprint density at radius 2 is 1.87 bits per heavy atom. The van der Waals surface area contributed by atoms with E-state index >= 15 is 0 Å². The molecular formula is C19H20ClN2O+. The molecular weight excluding hydrogens is 308 g/mol. The van der Waals surface area contributed by atoms with Crippen molar-refractivity contribution in [1.29, 1.82) is 0 Å². The quantitative estimate of drug-likeness (QED) is 0.694. The molecule has 0 aliphatic rings. The van der Waals surface area contributed by atoms with Gasteiger partial charge in [-0.25, -0.2) is 0 Å². The van der Waals surface area contributed by atoms with Gasteiger partial charge in [0.25, 0.3) is 0 Å². The molecule has 0 saturated carbocycles. The lowest BCUT2D eigenvalue weighted by atomic mass is 10.0. The number of aromatic amines is 1. The molecule has 0 aliphatic heterocycles. The number of hydrogen-bond donors (Lipinski definition) is 2. The predicted molar refractivity (Wildman–Crippen MR) is 94.1 cm³/mol. The lowest BCUT2D eigenvalue weighted by molar-refractivity contribution is -0.907. The average Bonchev–Trinajstić information content (AvgIpc) is 2.99. The van der Waals surface area contributed by atoms with E-state index in [2.05, 4.69) is 4.98 Å². The summed E-state index contributed by atoms with van der Waals surface area (Å²) in [4.78, 5) is 17.2. The van der Waals surface area contributed by atoms with E-state index in [1.54, 1.807) is 0 Å². The number of carbonyl (C=O) groups is 1. The van der Waals surface area contributed by atoms with E-state index in [1.165, 1.54) is 5.56 Å². The molecule has 0 spiro atoms. The summed E-state index contributed by atoms with van der Waals surface area (Å²) in [5, 5.41) is 1.72. The highest BCUT2D eigenvalue weighted by atomic mass is 35.5. The summed E-state index contributed by atoms with van der Waals surface area (Å²) in [6, 6.07) is 15.6. The number of fused-ring (bicyclic) bond motifs is 1. The summed E-state index contributed by atoms with van der Waals surface area (Å²) in [5.74, 6) is 0.161. The van der Waals surface area contributed by atoms with Crippen LogP contribution in [-0.4, -0.2) is 23.9 Å². The zero-order valence-corrected chi connectivity index (χ0v) is 14.0. The molecule has 3 aromatic rings. The number of H-pyrrole nitrogens is 1. The molecule has 0 fully saturated rings. The molecule has 3 nitrogen and oxygen atoms in total. The number of ketones is 1. The second-order valence-electron chi connectivity index (χ2n) is 5.98. The van der Waals surface area contributed by atoms with E-state index in [0.29, 0.717) is 0 Å². The molecule has 3 rings (SSSR count). The van der Waals surface area contributed by atoms with Gasteiger partial charge in [-0.1, -0.05) is 41.9 Å². The highest BCUT2D eigenvalue weighted by molar-refractivity contribution is 6.30. The second kappa shape index (κ2) is 6.57. The lowest BCUT2D eigenvalue weighted by Gasteiger charge is -2.20. The van der Waals surface area contributed by atoms with Crippen LogP contribution in [0.2, 0.25) is 5.02 Å².